The number of hydrogen-bond donors (Lipinski definition) is 2. The number of benzene rings is 3. The Kier molecular flexibility index (Phi) is 12.0. The molecule has 0 radical (unpaired) electrons. The molecule has 1 aliphatic rings. The Balaban J connectivity index is 0.000000208. The van der Waals surface area contributed by atoms with Crippen molar-refractivity contribution in [3.63, 3.8) is 0 Å². The van der Waals surface area contributed by atoms with Crippen LogP contribution in [-0.2, 0) is 9.53 Å². The maximum atomic E-state index is 11.9. The Morgan fingerprint density at radius 1 is 0.892 bits per heavy atom. The van der Waals surface area contributed by atoms with Gasteiger partial charge in [0.1, 0.15) is 6.10 Å². The van der Waals surface area contributed by atoms with Gasteiger partial charge in [-0.1, -0.05) is 79.2 Å². The van der Waals surface area contributed by atoms with Crippen molar-refractivity contribution >= 4 is 5.97 Å². The second kappa shape index (κ2) is 15.7. The number of carbonyl (C=O) groups is 1. The highest BCUT2D eigenvalue weighted by Gasteiger charge is 2.31. The van der Waals surface area contributed by atoms with Gasteiger partial charge >= 0.3 is 5.97 Å². The number of esters is 1. The number of rotatable bonds is 10. The Bertz CT molecular complexity index is 1040. The molecule has 3 aromatic rings. The van der Waals surface area contributed by atoms with Gasteiger partial charge in [-0.15, -0.1) is 0 Å². The van der Waals surface area contributed by atoms with Gasteiger partial charge in [-0.3, -0.25) is 4.79 Å². The van der Waals surface area contributed by atoms with Crippen LogP contribution in [0, 0.1) is 0 Å². The van der Waals surface area contributed by atoms with Crippen LogP contribution >= 0.6 is 0 Å². The molecule has 2 N–H and O–H groups in total. The zero-order valence-electron chi connectivity index (χ0n) is 22.2. The summed E-state index contributed by atoms with van der Waals surface area (Å²) in [4.78, 5) is 11.9. The Morgan fingerprint density at radius 3 is 2.08 bits per heavy atom. The fourth-order valence-corrected chi connectivity index (χ4v) is 4.59. The molecule has 0 aliphatic carbocycles. The first-order chi connectivity index (χ1) is 18.2. The summed E-state index contributed by atoms with van der Waals surface area (Å²) in [7, 11) is 5.07. The van der Waals surface area contributed by atoms with E-state index >= 15 is 0 Å². The molecule has 37 heavy (non-hydrogen) atoms. The highest BCUT2D eigenvalue weighted by Crippen LogP contribution is 2.32. The standard InChI is InChI=1S/C17H21NO2.C14H19NO2/c1-18-13-12-15(14-8-4-3-5-9-14)20-17-11-7-6-10-16(17)19-2;1-17-14(16)13(11-7-3-2-4-8-11)12-9-5-6-10-15-12/h3-11,15,18H,12-13H2,1-2H3;2-4,7-8,12-13,15H,5-6,9-10H2,1H3. The average molecular weight is 505 g/mol. The van der Waals surface area contributed by atoms with E-state index in [1.165, 1.54) is 25.5 Å². The molecule has 1 fully saturated rings. The van der Waals surface area contributed by atoms with Gasteiger partial charge in [0.2, 0.25) is 0 Å². The van der Waals surface area contributed by atoms with Crippen molar-refractivity contribution in [3.8, 4) is 11.5 Å². The van der Waals surface area contributed by atoms with Gasteiger partial charge in [-0.25, -0.2) is 0 Å². The van der Waals surface area contributed by atoms with Gasteiger partial charge in [0.25, 0.3) is 0 Å². The summed E-state index contributed by atoms with van der Waals surface area (Å²) in [5.74, 6) is 1.22. The van der Waals surface area contributed by atoms with Gasteiger partial charge in [0.05, 0.1) is 20.1 Å². The molecule has 3 aromatic carbocycles. The molecule has 6 nitrogen and oxygen atoms in total. The van der Waals surface area contributed by atoms with Crippen LogP contribution in [0.5, 0.6) is 11.5 Å². The summed E-state index contributed by atoms with van der Waals surface area (Å²) in [6, 6.07) is 28.1. The van der Waals surface area contributed by atoms with Crippen LogP contribution in [0.3, 0.4) is 0 Å². The summed E-state index contributed by atoms with van der Waals surface area (Å²) < 4.78 is 16.4. The van der Waals surface area contributed by atoms with Crippen molar-refractivity contribution in [1.82, 2.24) is 10.6 Å². The number of nitrogens with one attached hydrogen (secondary N) is 2. The lowest BCUT2D eigenvalue weighted by molar-refractivity contribution is -0.143. The minimum absolute atomic E-state index is 0.0138. The molecule has 0 spiro atoms. The number of para-hydroxylation sites is 2. The van der Waals surface area contributed by atoms with Gasteiger partial charge < -0.3 is 24.8 Å². The van der Waals surface area contributed by atoms with Crippen LogP contribution in [0.25, 0.3) is 0 Å². The van der Waals surface area contributed by atoms with Crippen LogP contribution in [0.15, 0.2) is 84.9 Å². The molecule has 1 aliphatic heterocycles. The third-order valence-electron chi connectivity index (χ3n) is 6.53. The van der Waals surface area contributed by atoms with Gasteiger partial charge in [0.15, 0.2) is 11.5 Å². The van der Waals surface area contributed by atoms with E-state index in [1.54, 1.807) is 7.11 Å². The van der Waals surface area contributed by atoms with E-state index in [0.717, 1.165) is 43.0 Å². The van der Waals surface area contributed by atoms with Crippen LogP contribution in [0.1, 0.15) is 48.8 Å². The van der Waals surface area contributed by atoms with E-state index in [4.69, 9.17) is 14.2 Å². The topological polar surface area (TPSA) is 68.8 Å². The summed E-state index contributed by atoms with van der Waals surface area (Å²) in [5.41, 5.74) is 2.22. The van der Waals surface area contributed by atoms with Crippen molar-refractivity contribution < 1.29 is 19.0 Å². The lowest BCUT2D eigenvalue weighted by Gasteiger charge is -2.29. The Morgan fingerprint density at radius 2 is 1.51 bits per heavy atom. The Hall–Kier alpha value is -3.35. The van der Waals surface area contributed by atoms with Crippen molar-refractivity contribution in [2.75, 3.05) is 34.4 Å². The minimum atomic E-state index is -0.179. The van der Waals surface area contributed by atoms with E-state index in [2.05, 4.69) is 22.8 Å². The summed E-state index contributed by atoms with van der Waals surface area (Å²) in [6.07, 6.45) is 4.32. The molecule has 198 valence electrons. The van der Waals surface area contributed by atoms with Crippen molar-refractivity contribution in [2.24, 2.45) is 0 Å². The monoisotopic (exact) mass is 504 g/mol. The summed E-state index contributed by atoms with van der Waals surface area (Å²) in [6.45, 7) is 1.89. The van der Waals surface area contributed by atoms with E-state index in [1.807, 2.05) is 79.8 Å². The number of carbonyl (C=O) groups excluding carboxylic acids is 1. The van der Waals surface area contributed by atoms with E-state index < -0.39 is 0 Å². The van der Waals surface area contributed by atoms with Crippen LogP contribution < -0.4 is 20.1 Å². The molecule has 6 heteroatoms. The van der Waals surface area contributed by atoms with Crippen molar-refractivity contribution in [3.05, 3.63) is 96.1 Å². The zero-order valence-corrected chi connectivity index (χ0v) is 22.2. The van der Waals surface area contributed by atoms with Gasteiger partial charge in [-0.05, 0) is 56.2 Å². The van der Waals surface area contributed by atoms with Crippen LogP contribution in [-0.4, -0.2) is 46.4 Å². The normalized spacial score (nSPS) is 16.5. The first-order valence-corrected chi connectivity index (χ1v) is 13.0. The molecule has 3 unspecified atom stereocenters. The lowest BCUT2D eigenvalue weighted by atomic mass is 9.86. The van der Waals surface area contributed by atoms with E-state index in [-0.39, 0.29) is 24.0 Å². The van der Waals surface area contributed by atoms with Gasteiger partial charge in [0, 0.05) is 12.5 Å². The molecular weight excluding hydrogens is 464 g/mol. The maximum Gasteiger partial charge on any atom is 0.314 e. The van der Waals surface area contributed by atoms with E-state index in [9.17, 15) is 4.79 Å². The quantitative estimate of drug-likeness (QED) is 0.355. The smallest absolute Gasteiger partial charge is 0.314 e. The fraction of sp³-hybridized carbons (Fsp3) is 0.387. The first kappa shape index (κ1) is 28.2. The number of ether oxygens (including phenoxy) is 3. The summed E-state index contributed by atoms with van der Waals surface area (Å²) in [5, 5.41) is 6.60. The maximum absolute atomic E-state index is 11.9. The minimum Gasteiger partial charge on any atom is -0.493 e. The largest absolute Gasteiger partial charge is 0.493 e. The van der Waals surface area contributed by atoms with Crippen molar-refractivity contribution in [1.29, 1.82) is 0 Å². The molecule has 0 aromatic heterocycles. The molecule has 0 saturated carbocycles. The van der Waals surface area contributed by atoms with Crippen LogP contribution in [0.4, 0.5) is 0 Å². The lowest BCUT2D eigenvalue weighted by Crippen LogP contribution is -2.42. The molecule has 1 saturated heterocycles. The highest BCUT2D eigenvalue weighted by molar-refractivity contribution is 5.79. The molecule has 1 heterocycles. The van der Waals surface area contributed by atoms with Crippen LogP contribution in [0.2, 0.25) is 0 Å². The molecule has 3 atom stereocenters. The third kappa shape index (κ3) is 8.62. The fourth-order valence-electron chi connectivity index (χ4n) is 4.59. The number of piperidine rings is 1. The third-order valence-corrected chi connectivity index (χ3v) is 6.53. The summed E-state index contributed by atoms with van der Waals surface area (Å²) >= 11 is 0. The zero-order chi connectivity index (χ0) is 26.3. The Labute approximate surface area is 221 Å². The first-order valence-electron chi connectivity index (χ1n) is 13.0. The molecule has 0 bridgehead atoms. The second-order valence-electron chi connectivity index (χ2n) is 9.03. The molecule has 0 amide bonds. The average Bonchev–Trinajstić information content (AvgIpc) is 2.97. The number of hydrogen-bond acceptors (Lipinski definition) is 6. The SMILES string of the molecule is CNCCC(Oc1ccccc1OC)c1ccccc1.COC(=O)C(c1ccccc1)C1CCCCN1. The second-order valence-corrected chi connectivity index (χ2v) is 9.03. The molecule has 4 rings (SSSR count). The molecular formula is C31H40N2O4. The predicted octanol–water partition coefficient (Wildman–Crippen LogP) is 5.51. The van der Waals surface area contributed by atoms with E-state index in [0.29, 0.717) is 0 Å². The van der Waals surface area contributed by atoms with Crippen molar-refractivity contribution in [2.45, 2.75) is 43.7 Å². The highest BCUT2D eigenvalue weighted by atomic mass is 16.5. The van der Waals surface area contributed by atoms with Gasteiger partial charge in [-0.2, -0.15) is 0 Å². The predicted molar refractivity (Wildman–Crippen MR) is 148 cm³/mol. The number of methoxy groups -OCH3 is 2.